The van der Waals surface area contributed by atoms with Crippen molar-refractivity contribution >= 4 is 45.5 Å². The number of hydrogen-bond donors (Lipinski definition) is 1. The van der Waals surface area contributed by atoms with Crippen LogP contribution in [0.4, 0.5) is 0 Å². The number of para-hydroxylation sites is 1. The average Bonchev–Trinajstić information content (AvgIpc) is 1.77. The van der Waals surface area contributed by atoms with Crippen LogP contribution in [0.2, 0.25) is 0 Å². The molecule has 1 aromatic rings. The van der Waals surface area contributed by atoms with Crippen molar-refractivity contribution in [1.29, 1.82) is 0 Å². The first-order valence-corrected chi connectivity index (χ1v) is 3.03. The molecule has 1 N–H and O–H groups in total. The van der Waals surface area contributed by atoms with Gasteiger partial charge in [0.05, 0.1) is 4.47 Å². The average molecular weight is 197 g/mol. The molecular weight excluding hydrogens is 191 g/mol. The van der Waals surface area contributed by atoms with Crippen LogP contribution in [-0.2, 0) is 0 Å². The van der Waals surface area contributed by atoms with Gasteiger partial charge in [0.1, 0.15) is 5.75 Å². The summed E-state index contributed by atoms with van der Waals surface area (Å²) in [6.07, 6.45) is 0. The summed E-state index contributed by atoms with van der Waals surface area (Å²) < 4.78 is 0.736. The van der Waals surface area contributed by atoms with E-state index in [0.717, 1.165) is 4.47 Å². The topological polar surface area (TPSA) is 20.2 Å². The molecule has 0 fully saturated rings. The molecule has 1 nitrogen and oxygen atoms in total. The van der Waals surface area contributed by atoms with Crippen molar-refractivity contribution in [3.63, 3.8) is 0 Å². The van der Waals surface area contributed by atoms with Crippen LogP contribution in [0.15, 0.2) is 28.7 Å². The molecule has 0 atom stereocenters. The normalized spacial score (nSPS) is 8.11. The van der Waals surface area contributed by atoms with E-state index in [0.29, 0.717) is 0 Å². The first kappa shape index (κ1) is 9.50. The summed E-state index contributed by atoms with van der Waals surface area (Å²) in [6.45, 7) is 0. The Hall–Kier alpha value is 0.500. The number of benzene rings is 1. The van der Waals surface area contributed by atoms with Crippen LogP contribution in [0, 0.1) is 0 Å². The fourth-order valence-corrected chi connectivity index (χ4v) is 0.737. The van der Waals surface area contributed by atoms with Gasteiger partial charge in [-0.05, 0) is 28.1 Å². The van der Waals surface area contributed by atoms with Gasteiger partial charge in [0.15, 0.2) is 0 Å². The van der Waals surface area contributed by atoms with Gasteiger partial charge in [0.25, 0.3) is 0 Å². The fourth-order valence-electron chi connectivity index (χ4n) is 0.452. The van der Waals surface area contributed by atoms with Crippen molar-refractivity contribution in [2.45, 2.75) is 0 Å². The van der Waals surface area contributed by atoms with Crippen LogP contribution in [0.1, 0.15) is 0 Å². The maximum absolute atomic E-state index is 8.87. The van der Waals surface area contributed by atoms with Gasteiger partial charge in [-0.2, -0.15) is 0 Å². The number of phenols is 1. The summed E-state index contributed by atoms with van der Waals surface area (Å²) in [7, 11) is 0. The van der Waals surface area contributed by atoms with Gasteiger partial charge in [-0.15, -0.1) is 0 Å². The molecule has 0 spiro atoms. The fraction of sp³-hybridized carbons (Fsp3) is 0. The zero-order valence-corrected chi connectivity index (χ0v) is 5.72. The number of aromatic hydroxyl groups is 1. The van der Waals surface area contributed by atoms with Gasteiger partial charge < -0.3 is 5.11 Å². The predicted octanol–water partition coefficient (Wildman–Crippen LogP) is 1.51. The molecule has 3 heteroatoms. The van der Waals surface area contributed by atoms with Crippen LogP contribution >= 0.6 is 15.9 Å². The first-order valence-electron chi connectivity index (χ1n) is 2.24. The molecule has 0 unspecified atom stereocenters. The van der Waals surface area contributed by atoms with Crippen molar-refractivity contribution in [3.8, 4) is 5.75 Å². The van der Waals surface area contributed by atoms with E-state index in [2.05, 4.69) is 15.9 Å². The molecule has 0 heterocycles. The summed E-state index contributed by atoms with van der Waals surface area (Å²) in [5.41, 5.74) is 0. The van der Waals surface area contributed by atoms with E-state index in [1.807, 2.05) is 6.07 Å². The number of hydrogen-bond acceptors (Lipinski definition) is 1. The van der Waals surface area contributed by atoms with Gasteiger partial charge in [-0.3, -0.25) is 0 Å². The Morgan fingerprint density at radius 3 is 2.11 bits per heavy atom. The molecule has 1 aromatic carbocycles. The van der Waals surface area contributed by atoms with Crippen LogP contribution in [0.5, 0.6) is 5.75 Å². The predicted molar refractivity (Wildman–Crippen MR) is 43.0 cm³/mol. The molecule has 1 rings (SSSR count). The molecule has 0 aliphatic heterocycles. The number of halogens is 1. The van der Waals surface area contributed by atoms with Crippen molar-refractivity contribution in [2.75, 3.05) is 0 Å². The number of rotatable bonds is 0. The Balaban J connectivity index is 0.000000640. The Morgan fingerprint density at radius 2 is 1.78 bits per heavy atom. The van der Waals surface area contributed by atoms with Crippen LogP contribution in [-0.4, -0.2) is 34.7 Å². The second-order valence-corrected chi connectivity index (χ2v) is 2.31. The second-order valence-electron chi connectivity index (χ2n) is 1.45. The van der Waals surface area contributed by atoms with E-state index < -0.39 is 0 Å². The van der Waals surface area contributed by atoms with Gasteiger partial charge in [0, 0.05) is 0 Å². The third-order valence-corrected chi connectivity index (χ3v) is 1.52. The second kappa shape index (κ2) is 4.34. The molecule has 0 bridgehead atoms. The van der Waals surface area contributed by atoms with Gasteiger partial charge in [-0.25, -0.2) is 0 Å². The van der Waals surface area contributed by atoms with Crippen molar-refractivity contribution in [1.82, 2.24) is 0 Å². The summed E-state index contributed by atoms with van der Waals surface area (Å²) >= 11 is 3.15. The van der Waals surface area contributed by atoms with E-state index in [4.69, 9.17) is 5.11 Å². The first-order chi connectivity index (χ1) is 3.80. The Labute approximate surface area is 84.5 Å². The van der Waals surface area contributed by atoms with Crippen LogP contribution in [0.3, 0.4) is 0 Å². The molecule has 0 saturated heterocycles. The van der Waals surface area contributed by atoms with Crippen LogP contribution < -0.4 is 0 Å². The monoisotopic (exact) mass is 196 g/mol. The maximum atomic E-state index is 8.87. The molecular formula is C6H6BrNaO. The van der Waals surface area contributed by atoms with Crippen molar-refractivity contribution in [3.05, 3.63) is 28.7 Å². The van der Waals surface area contributed by atoms with E-state index in [-0.39, 0.29) is 35.3 Å². The minimum atomic E-state index is 0. The molecule has 0 saturated carbocycles. The standard InChI is InChI=1S/C6H5BrO.Na.H/c7-5-3-1-2-4-6(5)8;;/h1-4,8H;;. The van der Waals surface area contributed by atoms with Crippen molar-refractivity contribution in [2.24, 2.45) is 0 Å². The van der Waals surface area contributed by atoms with E-state index >= 15 is 0 Å². The molecule has 0 aliphatic carbocycles. The Bertz CT molecular complexity index is 169. The summed E-state index contributed by atoms with van der Waals surface area (Å²) in [6, 6.07) is 7.04. The molecule has 0 amide bonds. The summed E-state index contributed by atoms with van der Waals surface area (Å²) in [5.74, 6) is 0.285. The third-order valence-electron chi connectivity index (χ3n) is 0.852. The van der Waals surface area contributed by atoms with E-state index in [1.165, 1.54) is 0 Å². The van der Waals surface area contributed by atoms with Gasteiger partial charge >= 0.3 is 29.6 Å². The third kappa shape index (κ3) is 2.72. The summed E-state index contributed by atoms with van der Waals surface area (Å²) in [4.78, 5) is 0. The van der Waals surface area contributed by atoms with Gasteiger partial charge in [-0.1, -0.05) is 12.1 Å². The van der Waals surface area contributed by atoms with Crippen molar-refractivity contribution < 1.29 is 5.11 Å². The Kier molecular flexibility index (Phi) is 4.58. The molecule has 9 heavy (non-hydrogen) atoms. The molecule has 0 aromatic heterocycles. The zero-order valence-electron chi connectivity index (χ0n) is 4.13. The number of phenolic OH excluding ortho intramolecular Hbond substituents is 1. The van der Waals surface area contributed by atoms with Gasteiger partial charge in [0.2, 0.25) is 0 Å². The molecule has 44 valence electrons. The Morgan fingerprint density at radius 1 is 1.22 bits per heavy atom. The quantitative estimate of drug-likeness (QED) is 0.625. The zero-order chi connectivity index (χ0) is 5.98. The van der Waals surface area contributed by atoms with E-state index in [9.17, 15) is 0 Å². The molecule has 0 aliphatic rings. The SMILES string of the molecule is Oc1ccccc1Br.[NaH]. The minimum absolute atomic E-state index is 0. The summed E-state index contributed by atoms with van der Waals surface area (Å²) in [5, 5.41) is 8.87. The van der Waals surface area contributed by atoms with Crippen LogP contribution in [0.25, 0.3) is 0 Å². The molecule has 0 radical (unpaired) electrons. The van der Waals surface area contributed by atoms with E-state index in [1.54, 1.807) is 18.2 Å².